The summed E-state index contributed by atoms with van der Waals surface area (Å²) < 4.78 is 5.49. The fourth-order valence-electron chi connectivity index (χ4n) is 1.80. The van der Waals surface area contributed by atoms with E-state index >= 15 is 0 Å². The van der Waals surface area contributed by atoms with E-state index in [2.05, 4.69) is 12.1 Å². The number of nitrogens with two attached hydrogens (primary N) is 1. The van der Waals surface area contributed by atoms with Crippen molar-refractivity contribution in [2.24, 2.45) is 5.84 Å². The average molecular weight is 250 g/mol. The number of aryl methyl sites for hydroxylation is 2. The molecule has 18 heavy (non-hydrogen) atoms. The number of ether oxygens (including phenoxy) is 1. The standard InChI is InChI=1S/C14H22N2O2/c1-4-18-13-9-8-12(10-11(13)2)6-5-7-14(17)16(3)15/h8-10H,4-7,15H2,1-3H3. The molecule has 2 N–H and O–H groups in total. The third-order valence-electron chi connectivity index (χ3n) is 2.79. The van der Waals surface area contributed by atoms with Crippen LogP contribution in [0.5, 0.6) is 5.75 Å². The van der Waals surface area contributed by atoms with Crippen molar-refractivity contribution in [3.63, 3.8) is 0 Å². The highest BCUT2D eigenvalue weighted by Gasteiger charge is 2.05. The van der Waals surface area contributed by atoms with Crippen LogP contribution in [0.1, 0.15) is 30.9 Å². The van der Waals surface area contributed by atoms with Crippen molar-refractivity contribution in [2.75, 3.05) is 13.7 Å². The first-order chi connectivity index (χ1) is 8.54. The van der Waals surface area contributed by atoms with Gasteiger partial charge in [-0.2, -0.15) is 0 Å². The number of hydrazine groups is 1. The van der Waals surface area contributed by atoms with Crippen molar-refractivity contribution in [2.45, 2.75) is 33.1 Å². The Labute approximate surface area is 109 Å². The minimum Gasteiger partial charge on any atom is -0.494 e. The molecule has 0 unspecified atom stereocenters. The lowest BCUT2D eigenvalue weighted by Gasteiger charge is -2.11. The molecule has 0 heterocycles. The van der Waals surface area contributed by atoms with Crippen LogP contribution in [-0.4, -0.2) is 24.6 Å². The first-order valence-corrected chi connectivity index (χ1v) is 6.28. The Balaban J connectivity index is 2.48. The van der Waals surface area contributed by atoms with Gasteiger partial charge in [0.1, 0.15) is 5.75 Å². The predicted octanol–water partition coefficient (Wildman–Crippen LogP) is 2.05. The molecule has 4 nitrogen and oxygen atoms in total. The van der Waals surface area contributed by atoms with Gasteiger partial charge in [-0.3, -0.25) is 9.80 Å². The number of carbonyl (C=O) groups is 1. The smallest absolute Gasteiger partial charge is 0.236 e. The highest BCUT2D eigenvalue weighted by molar-refractivity contribution is 5.75. The molecule has 0 aliphatic carbocycles. The fourth-order valence-corrected chi connectivity index (χ4v) is 1.80. The first-order valence-electron chi connectivity index (χ1n) is 6.28. The van der Waals surface area contributed by atoms with Gasteiger partial charge in [0.25, 0.3) is 0 Å². The van der Waals surface area contributed by atoms with E-state index in [0.29, 0.717) is 13.0 Å². The number of hydrogen-bond donors (Lipinski definition) is 1. The number of amides is 1. The maximum Gasteiger partial charge on any atom is 0.236 e. The van der Waals surface area contributed by atoms with Gasteiger partial charge >= 0.3 is 0 Å². The zero-order valence-corrected chi connectivity index (χ0v) is 11.4. The normalized spacial score (nSPS) is 10.2. The van der Waals surface area contributed by atoms with Crippen LogP contribution in [-0.2, 0) is 11.2 Å². The Morgan fingerprint density at radius 2 is 2.17 bits per heavy atom. The quantitative estimate of drug-likeness (QED) is 0.477. The molecule has 0 bridgehead atoms. The second kappa shape index (κ2) is 7.01. The fraction of sp³-hybridized carbons (Fsp3) is 0.500. The highest BCUT2D eigenvalue weighted by atomic mass is 16.5. The summed E-state index contributed by atoms with van der Waals surface area (Å²) in [7, 11) is 1.57. The second-order valence-electron chi connectivity index (χ2n) is 4.39. The lowest BCUT2D eigenvalue weighted by Crippen LogP contribution is -2.32. The Bertz CT molecular complexity index is 403. The number of benzene rings is 1. The van der Waals surface area contributed by atoms with Gasteiger partial charge in [0.15, 0.2) is 0 Å². The Morgan fingerprint density at radius 1 is 1.44 bits per heavy atom. The van der Waals surface area contributed by atoms with Crippen LogP contribution in [0.2, 0.25) is 0 Å². The number of carbonyl (C=O) groups excluding carboxylic acids is 1. The van der Waals surface area contributed by atoms with E-state index in [1.807, 2.05) is 19.9 Å². The first kappa shape index (κ1) is 14.5. The minimum atomic E-state index is -0.0299. The summed E-state index contributed by atoms with van der Waals surface area (Å²) in [6.07, 6.45) is 2.18. The molecule has 1 aromatic rings. The van der Waals surface area contributed by atoms with E-state index in [4.69, 9.17) is 10.6 Å². The molecule has 100 valence electrons. The van der Waals surface area contributed by atoms with Gasteiger partial charge in [0, 0.05) is 13.5 Å². The molecule has 4 heteroatoms. The van der Waals surface area contributed by atoms with Crippen molar-refractivity contribution < 1.29 is 9.53 Å². The maximum absolute atomic E-state index is 11.3. The SMILES string of the molecule is CCOc1ccc(CCCC(=O)N(C)N)cc1C. The van der Waals surface area contributed by atoms with Gasteiger partial charge in [-0.25, -0.2) is 5.84 Å². The van der Waals surface area contributed by atoms with Gasteiger partial charge in [-0.05, 0) is 43.9 Å². The molecule has 1 aromatic carbocycles. The molecule has 0 radical (unpaired) electrons. The third-order valence-corrected chi connectivity index (χ3v) is 2.79. The van der Waals surface area contributed by atoms with E-state index in [9.17, 15) is 4.79 Å². The number of nitrogens with zero attached hydrogens (tertiary/aromatic N) is 1. The van der Waals surface area contributed by atoms with E-state index in [1.165, 1.54) is 5.56 Å². The summed E-state index contributed by atoms with van der Waals surface area (Å²) in [6, 6.07) is 6.15. The Morgan fingerprint density at radius 3 is 2.72 bits per heavy atom. The Hall–Kier alpha value is -1.55. The molecule has 0 aromatic heterocycles. The van der Waals surface area contributed by atoms with Crippen LogP contribution in [0.4, 0.5) is 0 Å². The largest absolute Gasteiger partial charge is 0.494 e. The summed E-state index contributed by atoms with van der Waals surface area (Å²) in [5.74, 6) is 6.26. The van der Waals surface area contributed by atoms with Gasteiger partial charge in [-0.1, -0.05) is 12.1 Å². The van der Waals surface area contributed by atoms with Gasteiger partial charge in [-0.15, -0.1) is 0 Å². The molecule has 0 spiro atoms. The summed E-state index contributed by atoms with van der Waals surface area (Å²) in [5, 5.41) is 1.14. The van der Waals surface area contributed by atoms with Gasteiger partial charge in [0.05, 0.1) is 6.61 Å². The molecule has 0 fully saturated rings. The lowest BCUT2D eigenvalue weighted by molar-refractivity contribution is -0.130. The van der Waals surface area contributed by atoms with Crippen molar-refractivity contribution in [1.82, 2.24) is 5.01 Å². The van der Waals surface area contributed by atoms with E-state index in [1.54, 1.807) is 7.05 Å². The topological polar surface area (TPSA) is 55.6 Å². The summed E-state index contributed by atoms with van der Waals surface area (Å²) >= 11 is 0. The van der Waals surface area contributed by atoms with E-state index in [-0.39, 0.29) is 5.91 Å². The molecular formula is C14H22N2O2. The minimum absolute atomic E-state index is 0.0299. The van der Waals surface area contributed by atoms with Crippen LogP contribution >= 0.6 is 0 Å². The van der Waals surface area contributed by atoms with Crippen molar-refractivity contribution >= 4 is 5.91 Å². The molecule has 1 amide bonds. The van der Waals surface area contributed by atoms with Crippen LogP contribution in [0, 0.1) is 6.92 Å². The molecule has 0 atom stereocenters. The highest BCUT2D eigenvalue weighted by Crippen LogP contribution is 2.20. The van der Waals surface area contributed by atoms with Crippen molar-refractivity contribution in [3.8, 4) is 5.75 Å². The van der Waals surface area contributed by atoms with E-state index < -0.39 is 0 Å². The molecular weight excluding hydrogens is 228 g/mol. The van der Waals surface area contributed by atoms with Crippen molar-refractivity contribution in [3.05, 3.63) is 29.3 Å². The molecule has 0 saturated heterocycles. The van der Waals surface area contributed by atoms with Crippen molar-refractivity contribution in [1.29, 1.82) is 0 Å². The number of rotatable bonds is 6. The zero-order chi connectivity index (χ0) is 13.5. The molecule has 0 saturated carbocycles. The van der Waals surface area contributed by atoms with Gasteiger partial charge < -0.3 is 4.74 Å². The zero-order valence-electron chi connectivity index (χ0n) is 11.4. The van der Waals surface area contributed by atoms with Crippen LogP contribution in [0.25, 0.3) is 0 Å². The molecule has 1 rings (SSSR count). The Kier molecular flexibility index (Phi) is 5.65. The third kappa shape index (κ3) is 4.37. The summed E-state index contributed by atoms with van der Waals surface area (Å²) in [4.78, 5) is 11.3. The summed E-state index contributed by atoms with van der Waals surface area (Å²) in [5.41, 5.74) is 2.36. The number of hydrogen-bond acceptors (Lipinski definition) is 3. The monoisotopic (exact) mass is 250 g/mol. The predicted molar refractivity (Wildman–Crippen MR) is 72.2 cm³/mol. The van der Waals surface area contributed by atoms with Crippen LogP contribution in [0.3, 0.4) is 0 Å². The van der Waals surface area contributed by atoms with Crippen LogP contribution in [0.15, 0.2) is 18.2 Å². The van der Waals surface area contributed by atoms with E-state index in [0.717, 1.165) is 29.2 Å². The van der Waals surface area contributed by atoms with Crippen LogP contribution < -0.4 is 10.6 Å². The summed E-state index contributed by atoms with van der Waals surface area (Å²) in [6.45, 7) is 4.69. The molecule has 0 aliphatic heterocycles. The maximum atomic E-state index is 11.3. The van der Waals surface area contributed by atoms with Gasteiger partial charge in [0.2, 0.25) is 5.91 Å². The second-order valence-corrected chi connectivity index (χ2v) is 4.39. The average Bonchev–Trinajstić information content (AvgIpc) is 2.32. The lowest BCUT2D eigenvalue weighted by atomic mass is 10.0. The molecule has 0 aliphatic rings.